The van der Waals surface area contributed by atoms with Crippen LogP contribution in [0.25, 0.3) is 0 Å². The largest absolute Gasteiger partial charge is 0.336 e. The molecule has 2 amide bonds. The number of carbonyl (C=O) groups excluding carboxylic acids is 2. The van der Waals surface area contributed by atoms with Gasteiger partial charge in [0.05, 0.1) is 0 Å². The zero-order valence-corrected chi connectivity index (χ0v) is 21.4. The maximum absolute atomic E-state index is 13.8. The quantitative estimate of drug-likeness (QED) is 0.443. The molecule has 5 atom stereocenters. The number of carbonyl (C=O) groups is 2. The summed E-state index contributed by atoms with van der Waals surface area (Å²) >= 11 is 0. The molecule has 0 bridgehead atoms. The Morgan fingerprint density at radius 1 is 0.556 bits per heavy atom. The SMILES string of the molecule is O=C(C1[C@H]2CCCC[C@H]12)N(CCN(Cc1ccccc1)C(=O)C1[C@H]2CCCC[C@@H]12)Cc1ccccc1. The molecule has 0 spiro atoms. The number of hydrogen-bond acceptors (Lipinski definition) is 2. The molecule has 0 heterocycles. The van der Waals surface area contributed by atoms with Crippen LogP contribution in [0.5, 0.6) is 0 Å². The molecule has 0 aliphatic heterocycles. The molecule has 4 fully saturated rings. The topological polar surface area (TPSA) is 40.6 Å². The number of amides is 2. The Morgan fingerprint density at radius 3 is 1.22 bits per heavy atom. The molecule has 4 aliphatic carbocycles. The third kappa shape index (κ3) is 4.96. The van der Waals surface area contributed by atoms with Crippen molar-refractivity contribution in [2.45, 2.75) is 64.5 Å². The fourth-order valence-corrected chi connectivity index (χ4v) is 7.52. The summed E-state index contributed by atoms with van der Waals surface area (Å²) in [6, 6.07) is 20.7. The van der Waals surface area contributed by atoms with Crippen LogP contribution in [0.1, 0.15) is 62.5 Å². The highest BCUT2D eigenvalue weighted by Gasteiger charge is 2.57. The lowest BCUT2D eigenvalue weighted by Gasteiger charge is -2.29. The molecule has 0 N–H and O–H groups in total. The Kier molecular flexibility index (Phi) is 6.86. The Balaban J connectivity index is 1.18. The molecular weight excluding hydrogens is 444 g/mol. The van der Waals surface area contributed by atoms with Crippen LogP contribution in [0.2, 0.25) is 0 Å². The third-order valence-electron chi connectivity index (χ3n) is 9.58. The molecule has 2 aromatic rings. The van der Waals surface area contributed by atoms with E-state index in [0.717, 1.165) is 0 Å². The smallest absolute Gasteiger partial charge is 0.226 e. The van der Waals surface area contributed by atoms with E-state index in [9.17, 15) is 9.59 Å². The summed E-state index contributed by atoms with van der Waals surface area (Å²) < 4.78 is 0. The van der Waals surface area contributed by atoms with Crippen LogP contribution in [0, 0.1) is 35.5 Å². The number of rotatable bonds is 9. The molecule has 0 saturated heterocycles. The standard InChI is InChI=1S/C32H40N2O2/c35-31(29-25-15-7-8-16-26(25)29)33(21-23-11-3-1-4-12-23)19-20-34(22-24-13-5-2-6-14-24)32(36)30-27-17-9-10-18-28(27)30/h1-6,11-14,25-30H,7-10,15-22H2/t25-,26-,27-,28+,30?/m0/s1. The second kappa shape index (κ2) is 10.4. The molecule has 4 nitrogen and oxygen atoms in total. The molecule has 190 valence electrons. The first kappa shape index (κ1) is 23.8. The third-order valence-corrected chi connectivity index (χ3v) is 9.58. The minimum atomic E-state index is 0.209. The Hall–Kier alpha value is -2.62. The summed E-state index contributed by atoms with van der Waals surface area (Å²) in [7, 11) is 0. The second-order valence-corrected chi connectivity index (χ2v) is 11.8. The minimum Gasteiger partial charge on any atom is -0.336 e. The van der Waals surface area contributed by atoms with Crippen molar-refractivity contribution in [2.24, 2.45) is 35.5 Å². The highest BCUT2D eigenvalue weighted by molar-refractivity contribution is 5.83. The minimum absolute atomic E-state index is 0.209. The van der Waals surface area contributed by atoms with E-state index in [0.29, 0.717) is 61.7 Å². The first-order chi connectivity index (χ1) is 17.7. The van der Waals surface area contributed by atoms with Gasteiger partial charge in [0.15, 0.2) is 0 Å². The Labute approximate surface area is 216 Å². The highest BCUT2D eigenvalue weighted by Crippen LogP contribution is 2.57. The number of fused-ring (bicyclic) bond motifs is 2. The van der Waals surface area contributed by atoms with Gasteiger partial charge in [0, 0.05) is 38.0 Å². The summed E-state index contributed by atoms with van der Waals surface area (Å²) in [4.78, 5) is 31.7. The van der Waals surface area contributed by atoms with Crippen molar-refractivity contribution in [3.8, 4) is 0 Å². The summed E-state index contributed by atoms with van der Waals surface area (Å²) in [5.74, 6) is 3.46. The monoisotopic (exact) mass is 484 g/mol. The molecule has 4 saturated carbocycles. The molecule has 4 heteroatoms. The zero-order chi connectivity index (χ0) is 24.5. The van der Waals surface area contributed by atoms with Gasteiger partial charge in [-0.2, -0.15) is 0 Å². The molecule has 2 aromatic carbocycles. The Morgan fingerprint density at radius 2 is 0.889 bits per heavy atom. The summed E-state index contributed by atoms with van der Waals surface area (Å²) in [5, 5.41) is 0. The van der Waals surface area contributed by atoms with Crippen LogP contribution in [-0.2, 0) is 22.7 Å². The lowest BCUT2D eigenvalue weighted by Crippen LogP contribution is -2.42. The van der Waals surface area contributed by atoms with Crippen molar-refractivity contribution in [3.63, 3.8) is 0 Å². The fourth-order valence-electron chi connectivity index (χ4n) is 7.52. The van der Waals surface area contributed by atoms with Gasteiger partial charge in [-0.3, -0.25) is 9.59 Å². The Bertz CT molecular complexity index is 945. The van der Waals surface area contributed by atoms with E-state index in [-0.39, 0.29) is 11.8 Å². The van der Waals surface area contributed by atoms with Crippen molar-refractivity contribution in [3.05, 3.63) is 71.8 Å². The van der Waals surface area contributed by atoms with Gasteiger partial charge < -0.3 is 9.80 Å². The van der Waals surface area contributed by atoms with Gasteiger partial charge in [0.25, 0.3) is 0 Å². The van der Waals surface area contributed by atoms with Gasteiger partial charge in [-0.15, -0.1) is 0 Å². The van der Waals surface area contributed by atoms with Gasteiger partial charge in [-0.05, 0) is 60.5 Å². The van der Waals surface area contributed by atoms with Crippen LogP contribution in [0.3, 0.4) is 0 Å². The normalized spacial score (nSPS) is 30.0. The van der Waals surface area contributed by atoms with Gasteiger partial charge in [0.1, 0.15) is 0 Å². The molecule has 0 radical (unpaired) electrons. The number of benzene rings is 2. The van der Waals surface area contributed by atoms with E-state index < -0.39 is 0 Å². The fraction of sp³-hybridized carbons (Fsp3) is 0.562. The van der Waals surface area contributed by atoms with E-state index in [1.807, 2.05) is 12.1 Å². The van der Waals surface area contributed by atoms with Gasteiger partial charge in [-0.1, -0.05) is 86.3 Å². The predicted molar refractivity (Wildman–Crippen MR) is 142 cm³/mol. The summed E-state index contributed by atoms with van der Waals surface area (Å²) in [5.41, 5.74) is 2.34. The molecule has 4 aliphatic rings. The van der Waals surface area contributed by atoms with Crippen molar-refractivity contribution in [2.75, 3.05) is 13.1 Å². The van der Waals surface area contributed by atoms with Crippen LogP contribution in [0.4, 0.5) is 0 Å². The van der Waals surface area contributed by atoms with Crippen molar-refractivity contribution >= 4 is 11.8 Å². The summed E-state index contributed by atoms with van der Waals surface area (Å²) in [6.07, 6.45) is 9.93. The molecule has 36 heavy (non-hydrogen) atoms. The molecule has 1 unspecified atom stereocenters. The van der Waals surface area contributed by atoms with E-state index in [1.165, 1.54) is 62.5 Å². The van der Waals surface area contributed by atoms with E-state index in [4.69, 9.17) is 0 Å². The highest BCUT2D eigenvalue weighted by atomic mass is 16.2. The van der Waals surface area contributed by atoms with E-state index in [2.05, 4.69) is 58.3 Å². The predicted octanol–water partition coefficient (Wildman–Crippen LogP) is 5.92. The van der Waals surface area contributed by atoms with Crippen molar-refractivity contribution < 1.29 is 9.59 Å². The lowest BCUT2D eigenvalue weighted by molar-refractivity contribution is -0.138. The zero-order valence-electron chi connectivity index (χ0n) is 21.4. The second-order valence-electron chi connectivity index (χ2n) is 11.8. The lowest BCUT2D eigenvalue weighted by atomic mass is 10.0. The van der Waals surface area contributed by atoms with Gasteiger partial charge in [0.2, 0.25) is 11.8 Å². The maximum Gasteiger partial charge on any atom is 0.226 e. The first-order valence-corrected chi connectivity index (χ1v) is 14.4. The van der Waals surface area contributed by atoms with Gasteiger partial charge in [-0.25, -0.2) is 0 Å². The summed E-state index contributed by atoms with van der Waals surface area (Å²) in [6.45, 7) is 2.50. The molecular formula is C32H40N2O2. The van der Waals surface area contributed by atoms with Crippen LogP contribution in [0.15, 0.2) is 60.7 Å². The van der Waals surface area contributed by atoms with Crippen LogP contribution < -0.4 is 0 Å². The van der Waals surface area contributed by atoms with Crippen molar-refractivity contribution in [1.29, 1.82) is 0 Å². The van der Waals surface area contributed by atoms with Crippen LogP contribution >= 0.6 is 0 Å². The first-order valence-electron chi connectivity index (χ1n) is 14.4. The number of nitrogens with zero attached hydrogens (tertiary/aromatic N) is 2. The number of hydrogen-bond donors (Lipinski definition) is 0. The average molecular weight is 485 g/mol. The maximum atomic E-state index is 13.8. The van der Waals surface area contributed by atoms with Gasteiger partial charge >= 0.3 is 0 Å². The van der Waals surface area contributed by atoms with E-state index >= 15 is 0 Å². The van der Waals surface area contributed by atoms with Crippen molar-refractivity contribution in [1.82, 2.24) is 9.80 Å². The molecule has 0 aromatic heterocycles. The van der Waals surface area contributed by atoms with E-state index in [1.54, 1.807) is 0 Å². The average Bonchev–Trinajstić information content (AvgIpc) is 3.83. The molecule has 6 rings (SSSR count). The van der Waals surface area contributed by atoms with Crippen LogP contribution in [-0.4, -0.2) is 34.7 Å².